The molecular formula is C51H53F3N8O9S. The summed E-state index contributed by atoms with van der Waals surface area (Å²) < 4.78 is 64.0. The third kappa shape index (κ3) is 11.8. The zero-order valence-electron chi connectivity index (χ0n) is 40.3. The number of anilines is 2. The van der Waals surface area contributed by atoms with Gasteiger partial charge < -0.3 is 44.2 Å². The first kappa shape index (κ1) is 52.4. The van der Waals surface area contributed by atoms with Gasteiger partial charge in [0.1, 0.15) is 47.5 Å². The number of aromatic nitrogens is 2. The molecule has 7 rings (SSSR count). The lowest BCUT2D eigenvalue weighted by Crippen LogP contribution is -2.58. The van der Waals surface area contributed by atoms with Crippen LogP contribution in [-0.4, -0.2) is 98.8 Å². The number of benzene rings is 3. The van der Waals surface area contributed by atoms with Gasteiger partial charge in [-0.2, -0.15) is 18.4 Å². The zero-order valence-corrected chi connectivity index (χ0v) is 41.1. The maximum Gasteiger partial charge on any atom is 0.419 e. The highest BCUT2D eigenvalue weighted by Gasteiger charge is 2.51. The molecule has 4 amide bonds. The van der Waals surface area contributed by atoms with Crippen LogP contribution in [-0.2, 0) is 36.6 Å². The number of nitrogens with zero attached hydrogens (tertiary/aromatic N) is 6. The van der Waals surface area contributed by atoms with E-state index in [4.69, 9.17) is 36.1 Å². The van der Waals surface area contributed by atoms with Crippen LogP contribution in [0.4, 0.5) is 24.5 Å². The molecule has 3 N–H and O–H groups in total. The van der Waals surface area contributed by atoms with E-state index in [2.05, 4.69) is 20.6 Å². The molecular weight excluding hydrogens is 958 g/mol. The summed E-state index contributed by atoms with van der Waals surface area (Å²) in [6.07, 6.45) is -2.91. The number of hydrogen-bond acceptors (Lipinski definition) is 13. The van der Waals surface area contributed by atoms with Crippen LogP contribution >= 0.6 is 12.2 Å². The topological polar surface area (TPSA) is 213 Å². The Bertz CT molecular complexity index is 2850. The minimum Gasteiger partial charge on any atom is -0.494 e. The van der Waals surface area contributed by atoms with Crippen molar-refractivity contribution < 1.29 is 56.1 Å². The standard InChI is InChI=1S/C51H53F3N8O9S/c1-30-43(70-29-58-30)32-10-8-31(9-11-32)25-57-45(65)41-23-35(63)27-60(41)46(66)44(49(2,3)4)59-42(64)28-68-20-7-21-69-36-16-18-38(19-17-36)71-37-14-12-33(13-15-37)62-48(72)61(47(67)50(62,5)6)34-22-39(51(52,53)54)40(24-55)56-26-34/h8-19,22,26,29,35,41,44,63H,7,20-21,23,25,27-28H2,1-6H3,(H,57,65)(H,59,64)/t35-,41+,44-/m1/s1. The Morgan fingerprint density at radius 1 is 0.972 bits per heavy atom. The van der Waals surface area contributed by atoms with Gasteiger partial charge in [-0.1, -0.05) is 45.0 Å². The number of likely N-dealkylation sites (tertiary alicyclic amines) is 1. The van der Waals surface area contributed by atoms with Crippen LogP contribution in [0.25, 0.3) is 11.3 Å². The van der Waals surface area contributed by atoms with E-state index in [-0.39, 0.29) is 50.1 Å². The minimum atomic E-state index is -4.88. The average Bonchev–Trinajstić information content (AvgIpc) is 4.00. The van der Waals surface area contributed by atoms with Crippen LogP contribution in [0.3, 0.4) is 0 Å². The van der Waals surface area contributed by atoms with Crippen molar-refractivity contribution in [2.24, 2.45) is 5.41 Å². The van der Waals surface area contributed by atoms with Crippen LogP contribution in [0, 0.1) is 23.7 Å². The number of thiocarbonyl (C=S) groups is 1. The smallest absolute Gasteiger partial charge is 0.419 e. The molecule has 72 heavy (non-hydrogen) atoms. The van der Waals surface area contributed by atoms with E-state index in [1.165, 1.54) is 22.3 Å². The van der Waals surface area contributed by atoms with E-state index in [1.807, 2.05) is 31.2 Å². The van der Waals surface area contributed by atoms with Crippen LogP contribution < -0.4 is 29.9 Å². The summed E-state index contributed by atoms with van der Waals surface area (Å²) in [5.41, 5.74) is -1.44. The predicted octanol–water partition coefficient (Wildman–Crippen LogP) is 7.24. The lowest BCUT2D eigenvalue weighted by Gasteiger charge is -2.35. The zero-order chi connectivity index (χ0) is 52.1. The summed E-state index contributed by atoms with van der Waals surface area (Å²) in [4.78, 5) is 65.6. The van der Waals surface area contributed by atoms with Gasteiger partial charge in [0.2, 0.25) is 17.7 Å². The molecule has 17 nitrogen and oxygen atoms in total. The number of ether oxygens (including phenoxy) is 3. The molecule has 2 aliphatic heterocycles. The van der Waals surface area contributed by atoms with Crippen LogP contribution in [0.5, 0.6) is 17.2 Å². The largest absolute Gasteiger partial charge is 0.494 e. The Balaban J connectivity index is 0.842. The number of alkyl halides is 3. The molecule has 0 bridgehead atoms. The summed E-state index contributed by atoms with van der Waals surface area (Å²) in [6, 6.07) is 21.1. The second-order valence-electron chi connectivity index (χ2n) is 18.8. The van der Waals surface area contributed by atoms with E-state index in [0.29, 0.717) is 41.2 Å². The molecule has 3 atom stereocenters. The summed E-state index contributed by atoms with van der Waals surface area (Å²) in [5.74, 6) is 0.128. The van der Waals surface area contributed by atoms with Gasteiger partial charge in [0, 0.05) is 37.2 Å². The van der Waals surface area contributed by atoms with E-state index < -0.39 is 70.2 Å². The van der Waals surface area contributed by atoms with Gasteiger partial charge in [-0.3, -0.25) is 24.1 Å². The highest BCUT2D eigenvalue weighted by molar-refractivity contribution is 7.81. The van der Waals surface area contributed by atoms with Crippen molar-refractivity contribution in [3.63, 3.8) is 0 Å². The number of aryl methyl sites for hydroxylation is 1. The predicted molar refractivity (Wildman–Crippen MR) is 261 cm³/mol. The molecule has 2 aromatic heterocycles. The van der Waals surface area contributed by atoms with Crippen LogP contribution in [0.15, 0.2) is 95.9 Å². The van der Waals surface area contributed by atoms with E-state index in [9.17, 15) is 37.5 Å². The highest BCUT2D eigenvalue weighted by Crippen LogP contribution is 2.40. The monoisotopic (exact) mass is 1010 g/mol. The van der Waals surface area contributed by atoms with Gasteiger partial charge >= 0.3 is 6.18 Å². The Morgan fingerprint density at radius 2 is 1.62 bits per heavy atom. The summed E-state index contributed by atoms with van der Waals surface area (Å²) in [6.45, 7) is 10.7. The number of carbonyl (C=O) groups excluding carboxylic acids is 4. The number of aliphatic hydroxyl groups excluding tert-OH is 1. The molecule has 21 heteroatoms. The molecule has 0 spiro atoms. The number of oxazole rings is 1. The van der Waals surface area contributed by atoms with E-state index in [1.54, 1.807) is 83.1 Å². The summed E-state index contributed by atoms with van der Waals surface area (Å²) >= 11 is 5.61. The summed E-state index contributed by atoms with van der Waals surface area (Å²) in [5, 5.41) is 25.3. The molecule has 2 fully saturated rings. The molecule has 0 radical (unpaired) electrons. The number of aliphatic hydroxyl groups is 1. The SMILES string of the molecule is Cc1ncoc1-c1ccc(CNC(=O)[C@@H]2C[C@@H](O)CN2C(=O)[C@@H](NC(=O)COCCCOc2ccc(Oc3ccc(N4C(=S)N(c5cnc(C#N)c(C(F)(F)F)c5)C(=O)C4(C)C)cc3)cc2)C(C)(C)C)cc1. The Labute approximate surface area is 418 Å². The minimum absolute atomic E-state index is 0.0546. The molecule has 2 aliphatic rings. The molecule has 4 heterocycles. The number of pyridine rings is 1. The lowest BCUT2D eigenvalue weighted by molar-refractivity contribution is -0.144. The number of β-amino-alcohol motifs (C(OH)–C–C–N with tert-alkyl or cyclic N) is 1. The fourth-order valence-electron chi connectivity index (χ4n) is 8.24. The fourth-order valence-corrected chi connectivity index (χ4v) is 8.76. The molecule has 378 valence electrons. The fraction of sp³-hybridized carbons (Fsp3) is 0.373. The molecule has 2 saturated heterocycles. The van der Waals surface area contributed by atoms with Crippen molar-refractivity contribution in [2.75, 3.05) is 36.2 Å². The molecule has 5 aromatic rings. The maximum atomic E-state index is 14.0. The molecule has 0 unspecified atom stereocenters. The number of halogens is 3. The second kappa shape index (κ2) is 21.5. The van der Waals surface area contributed by atoms with Crippen molar-refractivity contribution >= 4 is 52.3 Å². The van der Waals surface area contributed by atoms with Crippen LogP contribution in [0.2, 0.25) is 0 Å². The Kier molecular flexibility index (Phi) is 15.7. The summed E-state index contributed by atoms with van der Waals surface area (Å²) in [7, 11) is 0. The first-order valence-electron chi connectivity index (χ1n) is 22.9. The maximum absolute atomic E-state index is 14.0. The average molecular weight is 1010 g/mol. The lowest BCUT2D eigenvalue weighted by atomic mass is 9.85. The van der Waals surface area contributed by atoms with Crippen molar-refractivity contribution in [1.29, 1.82) is 5.26 Å². The first-order chi connectivity index (χ1) is 34.1. The van der Waals surface area contributed by atoms with Crippen LogP contribution in [0.1, 0.15) is 70.0 Å². The number of hydrogen-bond donors (Lipinski definition) is 3. The van der Waals surface area contributed by atoms with Gasteiger partial charge in [0.05, 0.1) is 42.5 Å². The third-order valence-corrected chi connectivity index (χ3v) is 12.4. The molecule has 0 saturated carbocycles. The Hall–Kier alpha value is -7.41. The third-order valence-electron chi connectivity index (χ3n) is 12.0. The Morgan fingerprint density at radius 3 is 2.24 bits per heavy atom. The number of nitriles is 1. The molecule has 0 aliphatic carbocycles. The van der Waals surface area contributed by atoms with Gasteiger partial charge in [-0.15, -0.1) is 0 Å². The van der Waals surface area contributed by atoms with Gasteiger partial charge in [-0.05, 0) is 98.6 Å². The van der Waals surface area contributed by atoms with Gasteiger partial charge in [0.25, 0.3) is 5.91 Å². The van der Waals surface area contributed by atoms with Gasteiger partial charge in [0.15, 0.2) is 23.0 Å². The van der Waals surface area contributed by atoms with Crippen molar-refractivity contribution in [1.82, 2.24) is 25.5 Å². The first-order valence-corrected chi connectivity index (χ1v) is 23.3. The van der Waals surface area contributed by atoms with Crippen molar-refractivity contribution in [3.05, 3.63) is 114 Å². The number of nitrogens with one attached hydrogen (secondary N) is 2. The van der Waals surface area contributed by atoms with Crippen molar-refractivity contribution in [3.8, 4) is 34.6 Å². The van der Waals surface area contributed by atoms with Crippen molar-refractivity contribution in [2.45, 2.75) is 90.8 Å². The second-order valence-corrected chi connectivity index (χ2v) is 19.1. The highest BCUT2D eigenvalue weighted by atomic mass is 32.1. The quantitative estimate of drug-likeness (QED) is 0.0619. The normalized spacial score (nSPS) is 17.2. The number of carbonyl (C=O) groups is 4. The van der Waals surface area contributed by atoms with Gasteiger partial charge in [-0.25, -0.2) is 9.97 Å². The van der Waals surface area contributed by atoms with E-state index >= 15 is 0 Å². The molecule has 3 aromatic carbocycles. The van der Waals surface area contributed by atoms with E-state index in [0.717, 1.165) is 27.9 Å². The number of amides is 4. The number of rotatable bonds is 17.